The van der Waals surface area contributed by atoms with E-state index in [2.05, 4.69) is 15.4 Å². The van der Waals surface area contributed by atoms with Crippen molar-refractivity contribution >= 4 is 5.95 Å². The molecule has 3 N–H and O–H groups in total. The van der Waals surface area contributed by atoms with Crippen LogP contribution in [0.25, 0.3) is 0 Å². The third-order valence-electron chi connectivity index (χ3n) is 1.99. The molecular weight excluding hydrogens is 187 g/mol. The molecule has 1 aromatic rings. The van der Waals surface area contributed by atoms with Gasteiger partial charge in [0.15, 0.2) is 0 Å². The van der Waals surface area contributed by atoms with Crippen molar-refractivity contribution < 1.29 is 9.13 Å². The van der Waals surface area contributed by atoms with Crippen LogP contribution in [0.2, 0.25) is 0 Å². The van der Waals surface area contributed by atoms with E-state index in [1.165, 1.54) is 0 Å². The standard InChI is InChI=1S/C8H11FN4O/c9-6-3-11-8(13-10)12-7(6)14-4-5-1-2-5/h3,5H,1-2,4,10H2,(H,11,12,13). The maximum Gasteiger partial charge on any atom is 0.255 e. The van der Waals surface area contributed by atoms with Crippen molar-refractivity contribution in [1.82, 2.24) is 9.97 Å². The summed E-state index contributed by atoms with van der Waals surface area (Å²) in [5, 5.41) is 0. The van der Waals surface area contributed by atoms with Crippen molar-refractivity contribution in [1.29, 1.82) is 0 Å². The van der Waals surface area contributed by atoms with E-state index < -0.39 is 5.82 Å². The van der Waals surface area contributed by atoms with Crippen molar-refractivity contribution in [2.75, 3.05) is 12.0 Å². The molecule has 5 nitrogen and oxygen atoms in total. The molecule has 1 aromatic heterocycles. The molecule has 1 aliphatic carbocycles. The zero-order valence-electron chi connectivity index (χ0n) is 7.53. The Kier molecular flexibility index (Phi) is 2.45. The quantitative estimate of drug-likeness (QED) is 0.550. The van der Waals surface area contributed by atoms with E-state index in [0.29, 0.717) is 12.5 Å². The van der Waals surface area contributed by atoms with Gasteiger partial charge in [0, 0.05) is 0 Å². The summed E-state index contributed by atoms with van der Waals surface area (Å²) >= 11 is 0. The molecule has 2 rings (SSSR count). The first-order valence-electron chi connectivity index (χ1n) is 4.41. The summed E-state index contributed by atoms with van der Waals surface area (Å²) in [5.41, 5.74) is 2.23. The third kappa shape index (κ3) is 2.08. The second kappa shape index (κ2) is 3.75. The van der Waals surface area contributed by atoms with E-state index in [0.717, 1.165) is 19.0 Å². The molecular formula is C8H11FN4O. The molecule has 0 radical (unpaired) electrons. The number of hydrazine groups is 1. The number of hydrogen-bond donors (Lipinski definition) is 2. The van der Waals surface area contributed by atoms with Gasteiger partial charge < -0.3 is 4.74 Å². The second-order valence-corrected chi connectivity index (χ2v) is 3.25. The van der Waals surface area contributed by atoms with Crippen LogP contribution in [0.4, 0.5) is 10.3 Å². The van der Waals surface area contributed by atoms with Gasteiger partial charge in [0.05, 0.1) is 12.8 Å². The first kappa shape index (κ1) is 9.14. The molecule has 0 unspecified atom stereocenters. The summed E-state index contributed by atoms with van der Waals surface area (Å²) in [6.45, 7) is 0.512. The van der Waals surface area contributed by atoms with Gasteiger partial charge in [-0.25, -0.2) is 10.8 Å². The molecule has 14 heavy (non-hydrogen) atoms. The Morgan fingerprint density at radius 2 is 2.43 bits per heavy atom. The average molecular weight is 198 g/mol. The Balaban J connectivity index is 2.04. The molecule has 0 saturated heterocycles. The summed E-state index contributed by atoms with van der Waals surface area (Å²) in [5.74, 6) is 5.18. The Bertz CT molecular complexity index is 329. The topological polar surface area (TPSA) is 73.1 Å². The lowest BCUT2D eigenvalue weighted by molar-refractivity contribution is 0.272. The summed E-state index contributed by atoms with van der Waals surface area (Å²) < 4.78 is 18.2. The zero-order valence-corrected chi connectivity index (χ0v) is 7.53. The Morgan fingerprint density at radius 1 is 1.64 bits per heavy atom. The van der Waals surface area contributed by atoms with Crippen molar-refractivity contribution in [3.8, 4) is 5.88 Å². The van der Waals surface area contributed by atoms with Gasteiger partial charge in [-0.2, -0.15) is 9.37 Å². The number of nitrogens with one attached hydrogen (secondary N) is 1. The number of anilines is 1. The summed E-state index contributed by atoms with van der Waals surface area (Å²) in [6.07, 6.45) is 3.33. The van der Waals surface area contributed by atoms with Gasteiger partial charge >= 0.3 is 0 Å². The molecule has 0 aliphatic heterocycles. The highest BCUT2D eigenvalue weighted by Crippen LogP contribution is 2.29. The van der Waals surface area contributed by atoms with Crippen molar-refractivity contribution in [2.24, 2.45) is 11.8 Å². The molecule has 0 amide bonds. The van der Waals surface area contributed by atoms with Gasteiger partial charge in [0.2, 0.25) is 11.8 Å². The maximum absolute atomic E-state index is 13.1. The van der Waals surface area contributed by atoms with Crippen LogP contribution in [0.5, 0.6) is 5.88 Å². The van der Waals surface area contributed by atoms with E-state index in [-0.39, 0.29) is 11.8 Å². The van der Waals surface area contributed by atoms with Crippen molar-refractivity contribution in [3.05, 3.63) is 12.0 Å². The van der Waals surface area contributed by atoms with E-state index in [9.17, 15) is 4.39 Å². The van der Waals surface area contributed by atoms with Gasteiger partial charge in [-0.1, -0.05) is 0 Å². The fraction of sp³-hybridized carbons (Fsp3) is 0.500. The zero-order chi connectivity index (χ0) is 9.97. The Labute approximate surface area is 80.5 Å². The summed E-state index contributed by atoms with van der Waals surface area (Å²) in [6, 6.07) is 0. The van der Waals surface area contributed by atoms with Crippen LogP contribution in [-0.2, 0) is 0 Å². The van der Waals surface area contributed by atoms with Crippen molar-refractivity contribution in [2.45, 2.75) is 12.8 Å². The van der Waals surface area contributed by atoms with Crippen LogP contribution in [0, 0.1) is 11.7 Å². The minimum Gasteiger partial charge on any atom is -0.475 e. The first-order valence-corrected chi connectivity index (χ1v) is 4.41. The summed E-state index contributed by atoms with van der Waals surface area (Å²) in [4.78, 5) is 7.34. The highest BCUT2D eigenvalue weighted by molar-refractivity contribution is 5.26. The van der Waals surface area contributed by atoms with E-state index >= 15 is 0 Å². The normalized spacial score (nSPS) is 15.3. The minimum absolute atomic E-state index is 0.0418. The number of hydrogen-bond acceptors (Lipinski definition) is 5. The monoisotopic (exact) mass is 198 g/mol. The maximum atomic E-state index is 13.1. The van der Waals surface area contributed by atoms with E-state index in [1.54, 1.807) is 0 Å². The van der Waals surface area contributed by atoms with E-state index in [1.807, 2.05) is 0 Å². The molecule has 0 bridgehead atoms. The molecule has 0 atom stereocenters. The Morgan fingerprint density at radius 3 is 3.07 bits per heavy atom. The third-order valence-corrected chi connectivity index (χ3v) is 1.99. The fourth-order valence-electron chi connectivity index (χ4n) is 1.00. The van der Waals surface area contributed by atoms with Crippen LogP contribution in [0.15, 0.2) is 6.20 Å². The molecule has 1 aliphatic rings. The number of aromatic nitrogens is 2. The lowest BCUT2D eigenvalue weighted by Crippen LogP contribution is -2.12. The van der Waals surface area contributed by atoms with Crippen LogP contribution >= 0.6 is 0 Å². The summed E-state index contributed by atoms with van der Waals surface area (Å²) in [7, 11) is 0. The number of nitrogens with two attached hydrogens (primary N) is 1. The van der Waals surface area contributed by atoms with Gasteiger partial charge in [-0.05, 0) is 18.8 Å². The lowest BCUT2D eigenvalue weighted by atomic mass is 10.5. The number of rotatable bonds is 4. The predicted octanol–water partition coefficient (Wildman–Crippen LogP) is 0.690. The van der Waals surface area contributed by atoms with Gasteiger partial charge in [0.25, 0.3) is 5.88 Å². The van der Waals surface area contributed by atoms with Crippen LogP contribution in [0.1, 0.15) is 12.8 Å². The van der Waals surface area contributed by atoms with Crippen LogP contribution in [0.3, 0.4) is 0 Å². The van der Waals surface area contributed by atoms with Gasteiger partial charge in [-0.3, -0.25) is 5.43 Å². The predicted molar refractivity (Wildman–Crippen MR) is 48.0 cm³/mol. The SMILES string of the molecule is NNc1ncc(F)c(OCC2CC2)n1. The van der Waals surface area contributed by atoms with Gasteiger partial charge in [-0.15, -0.1) is 0 Å². The first-order chi connectivity index (χ1) is 6.79. The number of nitrogens with zero attached hydrogens (tertiary/aromatic N) is 2. The highest BCUT2D eigenvalue weighted by atomic mass is 19.1. The van der Waals surface area contributed by atoms with Crippen LogP contribution < -0.4 is 16.0 Å². The highest BCUT2D eigenvalue weighted by Gasteiger charge is 2.23. The average Bonchev–Trinajstić information content (AvgIpc) is 3.00. The Hall–Kier alpha value is -1.43. The molecule has 6 heteroatoms. The molecule has 76 valence electrons. The number of ether oxygens (including phenoxy) is 1. The number of halogens is 1. The minimum atomic E-state index is -0.565. The van der Waals surface area contributed by atoms with Crippen LogP contribution in [-0.4, -0.2) is 16.6 Å². The molecule has 1 saturated carbocycles. The molecule has 0 aromatic carbocycles. The molecule has 1 fully saturated rings. The van der Waals surface area contributed by atoms with Crippen molar-refractivity contribution in [3.63, 3.8) is 0 Å². The second-order valence-electron chi connectivity index (χ2n) is 3.25. The molecule has 0 spiro atoms. The van der Waals surface area contributed by atoms with Gasteiger partial charge in [0.1, 0.15) is 0 Å². The largest absolute Gasteiger partial charge is 0.475 e. The van der Waals surface area contributed by atoms with E-state index in [4.69, 9.17) is 10.6 Å². The molecule has 1 heterocycles. The number of nitrogen functional groups attached to an aromatic ring is 1. The smallest absolute Gasteiger partial charge is 0.255 e. The fourth-order valence-corrected chi connectivity index (χ4v) is 1.00. The lowest BCUT2D eigenvalue weighted by Gasteiger charge is -2.05.